The minimum Gasteiger partial charge on any atom is -0.497 e. The van der Waals surface area contributed by atoms with E-state index in [9.17, 15) is 8.42 Å². The van der Waals surface area contributed by atoms with Crippen molar-refractivity contribution >= 4 is 10.0 Å². The van der Waals surface area contributed by atoms with Gasteiger partial charge >= 0.3 is 0 Å². The maximum atomic E-state index is 12.0. The van der Waals surface area contributed by atoms with E-state index in [2.05, 4.69) is 4.72 Å². The Morgan fingerprint density at radius 1 is 1.10 bits per heavy atom. The molecule has 0 aliphatic carbocycles. The van der Waals surface area contributed by atoms with Gasteiger partial charge in [0.25, 0.3) is 0 Å². The first-order valence-electron chi connectivity index (χ1n) is 6.72. The Bertz CT molecular complexity index is 722. The van der Waals surface area contributed by atoms with Gasteiger partial charge in [0.15, 0.2) is 0 Å². The molecule has 0 unspecified atom stereocenters. The van der Waals surface area contributed by atoms with Crippen molar-refractivity contribution in [1.82, 2.24) is 4.72 Å². The van der Waals surface area contributed by atoms with Gasteiger partial charge in [-0.25, -0.2) is 13.1 Å². The number of sulfonamides is 1. The lowest BCUT2D eigenvalue weighted by Gasteiger charge is -2.10. The van der Waals surface area contributed by atoms with Crippen LogP contribution in [-0.2, 0) is 10.0 Å². The van der Waals surface area contributed by atoms with Crippen LogP contribution in [0.25, 0.3) is 11.1 Å². The highest BCUT2D eigenvalue weighted by molar-refractivity contribution is 7.89. The fraction of sp³-hybridized carbons (Fsp3) is 0.250. The van der Waals surface area contributed by atoms with Gasteiger partial charge in [-0.1, -0.05) is 25.1 Å². The number of hydrogen-bond donors (Lipinski definition) is 1. The van der Waals surface area contributed by atoms with Gasteiger partial charge in [0.1, 0.15) is 5.75 Å². The van der Waals surface area contributed by atoms with Crippen LogP contribution < -0.4 is 9.46 Å². The molecule has 0 saturated carbocycles. The predicted octanol–water partition coefficient (Wildman–Crippen LogP) is 2.97. The highest BCUT2D eigenvalue weighted by atomic mass is 32.2. The summed E-state index contributed by atoms with van der Waals surface area (Å²) in [6, 6.07) is 12.8. The van der Waals surface area contributed by atoms with E-state index in [0.717, 1.165) is 22.4 Å². The minimum atomic E-state index is -3.41. The van der Waals surface area contributed by atoms with Gasteiger partial charge < -0.3 is 4.74 Å². The molecule has 4 nitrogen and oxygen atoms in total. The topological polar surface area (TPSA) is 55.4 Å². The van der Waals surface area contributed by atoms with Crippen LogP contribution in [0.15, 0.2) is 47.4 Å². The summed E-state index contributed by atoms with van der Waals surface area (Å²) in [4.78, 5) is 0.291. The van der Waals surface area contributed by atoms with Crippen molar-refractivity contribution in [1.29, 1.82) is 0 Å². The van der Waals surface area contributed by atoms with Gasteiger partial charge in [0.2, 0.25) is 10.0 Å². The van der Waals surface area contributed by atoms with Crippen LogP contribution in [0.4, 0.5) is 0 Å². The van der Waals surface area contributed by atoms with Gasteiger partial charge in [-0.05, 0) is 47.9 Å². The van der Waals surface area contributed by atoms with Crippen LogP contribution >= 0.6 is 0 Å². The molecule has 0 saturated heterocycles. The molecule has 0 aliphatic rings. The summed E-state index contributed by atoms with van der Waals surface area (Å²) in [5.41, 5.74) is 2.95. The fourth-order valence-electron chi connectivity index (χ4n) is 2.17. The van der Waals surface area contributed by atoms with Gasteiger partial charge in [-0.3, -0.25) is 0 Å². The highest BCUT2D eigenvalue weighted by Crippen LogP contribution is 2.27. The lowest BCUT2D eigenvalue weighted by molar-refractivity contribution is 0.415. The summed E-state index contributed by atoms with van der Waals surface area (Å²) < 4.78 is 31.6. The normalized spacial score (nSPS) is 11.4. The van der Waals surface area contributed by atoms with E-state index in [0.29, 0.717) is 11.4 Å². The first-order chi connectivity index (χ1) is 9.97. The van der Waals surface area contributed by atoms with Crippen molar-refractivity contribution in [3.05, 3.63) is 48.0 Å². The third-order valence-corrected chi connectivity index (χ3v) is 4.79. The van der Waals surface area contributed by atoms with E-state index in [-0.39, 0.29) is 0 Å². The van der Waals surface area contributed by atoms with E-state index in [1.807, 2.05) is 37.3 Å². The summed E-state index contributed by atoms with van der Waals surface area (Å²) in [5.74, 6) is 0.794. The minimum absolute atomic E-state index is 0.291. The molecule has 1 N–H and O–H groups in total. The van der Waals surface area contributed by atoms with Crippen molar-refractivity contribution in [3.8, 4) is 16.9 Å². The van der Waals surface area contributed by atoms with E-state index >= 15 is 0 Å². The van der Waals surface area contributed by atoms with E-state index < -0.39 is 10.0 Å². The van der Waals surface area contributed by atoms with E-state index in [4.69, 9.17) is 4.74 Å². The molecule has 0 aromatic heterocycles. The second kappa shape index (κ2) is 6.28. The molecule has 0 bridgehead atoms. The van der Waals surface area contributed by atoms with Crippen molar-refractivity contribution in [3.63, 3.8) is 0 Å². The van der Waals surface area contributed by atoms with E-state index in [1.165, 1.54) is 0 Å². The Hall–Kier alpha value is -1.85. The number of rotatable bonds is 5. The molecule has 5 heteroatoms. The summed E-state index contributed by atoms with van der Waals surface area (Å²) in [5, 5.41) is 0. The van der Waals surface area contributed by atoms with Gasteiger partial charge in [-0.15, -0.1) is 0 Å². The monoisotopic (exact) mass is 305 g/mol. The van der Waals surface area contributed by atoms with Crippen LogP contribution in [0.2, 0.25) is 0 Å². The summed E-state index contributed by atoms with van der Waals surface area (Å²) in [6.45, 7) is 4.04. The zero-order valence-electron chi connectivity index (χ0n) is 12.4. The van der Waals surface area contributed by atoms with Crippen LogP contribution in [-0.4, -0.2) is 22.1 Å². The van der Waals surface area contributed by atoms with Gasteiger partial charge in [0.05, 0.1) is 12.0 Å². The molecule has 0 radical (unpaired) electrons. The van der Waals surface area contributed by atoms with Crippen LogP contribution in [0.3, 0.4) is 0 Å². The molecule has 2 rings (SSSR count). The average molecular weight is 305 g/mol. The zero-order chi connectivity index (χ0) is 15.5. The van der Waals surface area contributed by atoms with Crippen molar-refractivity contribution in [2.45, 2.75) is 18.7 Å². The Labute approximate surface area is 125 Å². The molecule has 2 aromatic rings. The number of methoxy groups -OCH3 is 1. The van der Waals surface area contributed by atoms with Crippen LogP contribution in [0, 0.1) is 6.92 Å². The van der Waals surface area contributed by atoms with Crippen molar-refractivity contribution in [2.75, 3.05) is 13.7 Å². The highest BCUT2D eigenvalue weighted by Gasteiger charge is 2.14. The third kappa shape index (κ3) is 3.43. The lowest BCUT2D eigenvalue weighted by atomic mass is 10.0. The molecule has 0 amide bonds. The molecule has 21 heavy (non-hydrogen) atoms. The number of nitrogens with one attached hydrogen (secondary N) is 1. The second-order valence-electron chi connectivity index (χ2n) is 4.71. The van der Waals surface area contributed by atoms with E-state index in [1.54, 1.807) is 26.2 Å². The lowest BCUT2D eigenvalue weighted by Crippen LogP contribution is -2.23. The molecule has 0 fully saturated rings. The quantitative estimate of drug-likeness (QED) is 0.924. The Morgan fingerprint density at radius 2 is 1.76 bits per heavy atom. The third-order valence-electron chi connectivity index (χ3n) is 3.24. The maximum absolute atomic E-state index is 12.0. The molecule has 0 aliphatic heterocycles. The summed E-state index contributed by atoms with van der Waals surface area (Å²) in [6.07, 6.45) is 0. The molecule has 112 valence electrons. The molecule has 2 aromatic carbocycles. The first-order valence-corrected chi connectivity index (χ1v) is 8.21. The number of ether oxygens (including phenoxy) is 1. The largest absolute Gasteiger partial charge is 0.497 e. The van der Waals surface area contributed by atoms with Crippen molar-refractivity contribution < 1.29 is 13.2 Å². The Kier molecular flexibility index (Phi) is 4.65. The standard InChI is InChI=1S/C16H19NO3S/c1-4-17-21(18,19)15-9-10-16(12(2)11-15)13-5-7-14(20-3)8-6-13/h5-11,17H,4H2,1-3H3. The number of hydrogen-bond acceptors (Lipinski definition) is 3. The molecule has 0 spiro atoms. The summed E-state index contributed by atoms with van der Waals surface area (Å²) in [7, 11) is -1.79. The maximum Gasteiger partial charge on any atom is 0.240 e. The number of benzene rings is 2. The molecule has 0 atom stereocenters. The average Bonchev–Trinajstić information content (AvgIpc) is 2.47. The molecule has 0 heterocycles. The molecular weight excluding hydrogens is 286 g/mol. The summed E-state index contributed by atoms with van der Waals surface area (Å²) >= 11 is 0. The Balaban J connectivity index is 2.39. The SMILES string of the molecule is CCNS(=O)(=O)c1ccc(-c2ccc(OC)cc2)c(C)c1. The zero-order valence-corrected chi connectivity index (χ0v) is 13.2. The van der Waals surface area contributed by atoms with Crippen LogP contribution in [0.1, 0.15) is 12.5 Å². The van der Waals surface area contributed by atoms with Crippen molar-refractivity contribution in [2.24, 2.45) is 0 Å². The predicted molar refractivity (Wildman–Crippen MR) is 84.0 cm³/mol. The first kappa shape index (κ1) is 15.5. The van der Waals surface area contributed by atoms with Gasteiger partial charge in [-0.2, -0.15) is 0 Å². The second-order valence-corrected chi connectivity index (χ2v) is 6.47. The van der Waals surface area contributed by atoms with Crippen LogP contribution in [0.5, 0.6) is 5.75 Å². The molecular formula is C16H19NO3S. The fourth-order valence-corrected chi connectivity index (χ4v) is 3.30. The Morgan fingerprint density at radius 3 is 2.29 bits per heavy atom. The number of aryl methyl sites for hydroxylation is 1. The smallest absolute Gasteiger partial charge is 0.240 e. The van der Waals surface area contributed by atoms with Gasteiger partial charge in [0, 0.05) is 6.54 Å².